The molecule has 0 radical (unpaired) electrons. The van der Waals surface area contributed by atoms with E-state index in [-0.39, 0.29) is 17.9 Å². The minimum atomic E-state index is -0.234. The zero-order valence-electron chi connectivity index (χ0n) is 16.2. The van der Waals surface area contributed by atoms with E-state index < -0.39 is 0 Å². The highest BCUT2D eigenvalue weighted by molar-refractivity contribution is 5.79. The number of amides is 2. The Morgan fingerprint density at radius 1 is 1.11 bits per heavy atom. The van der Waals surface area contributed by atoms with Crippen LogP contribution in [0.5, 0.6) is 0 Å². The van der Waals surface area contributed by atoms with Crippen molar-refractivity contribution >= 4 is 12.0 Å². The average molecular weight is 373 g/mol. The summed E-state index contributed by atoms with van der Waals surface area (Å²) >= 11 is 0. The number of nitrogens with one attached hydrogen (secondary N) is 1. The summed E-state index contributed by atoms with van der Waals surface area (Å²) in [7, 11) is 1.43. The second kappa shape index (κ2) is 9.74. The third-order valence-electron chi connectivity index (χ3n) is 5.79. The quantitative estimate of drug-likeness (QED) is 0.860. The Balaban J connectivity index is 1.42. The summed E-state index contributed by atoms with van der Waals surface area (Å²) in [5.74, 6) is 0.260. The lowest BCUT2D eigenvalue weighted by atomic mass is 9.93. The van der Waals surface area contributed by atoms with Crippen LogP contribution in [0, 0.1) is 5.92 Å². The van der Waals surface area contributed by atoms with Crippen molar-refractivity contribution in [3.8, 4) is 0 Å². The fourth-order valence-corrected chi connectivity index (χ4v) is 4.21. The number of likely N-dealkylation sites (tertiary alicyclic amines) is 2. The maximum atomic E-state index is 12.6. The Hall–Kier alpha value is -2.08. The van der Waals surface area contributed by atoms with Crippen molar-refractivity contribution in [2.45, 2.75) is 38.1 Å². The van der Waals surface area contributed by atoms with Crippen LogP contribution >= 0.6 is 0 Å². The van der Waals surface area contributed by atoms with E-state index in [1.807, 2.05) is 18.2 Å². The van der Waals surface area contributed by atoms with Crippen LogP contribution in [0.15, 0.2) is 30.3 Å². The van der Waals surface area contributed by atoms with Crippen LogP contribution in [-0.2, 0) is 16.0 Å². The molecule has 2 saturated heterocycles. The minimum absolute atomic E-state index is 0.0770. The number of benzene rings is 1. The second-order valence-corrected chi connectivity index (χ2v) is 7.55. The van der Waals surface area contributed by atoms with Crippen LogP contribution in [0.25, 0.3) is 0 Å². The normalized spacial score (nSPS) is 21.7. The monoisotopic (exact) mass is 373 g/mol. The third kappa shape index (κ3) is 5.45. The molecule has 1 atom stereocenters. The lowest BCUT2D eigenvalue weighted by Gasteiger charge is -2.41. The van der Waals surface area contributed by atoms with Gasteiger partial charge < -0.3 is 15.0 Å². The summed E-state index contributed by atoms with van der Waals surface area (Å²) in [6.45, 7) is 4.05. The molecule has 27 heavy (non-hydrogen) atoms. The topological polar surface area (TPSA) is 61.9 Å². The Bertz CT molecular complexity index is 614. The number of carbonyl (C=O) groups excluding carboxylic acids is 2. The number of nitrogens with zero attached hydrogens (tertiary/aromatic N) is 2. The van der Waals surface area contributed by atoms with Crippen LogP contribution in [-0.4, -0.2) is 67.7 Å². The molecule has 6 heteroatoms. The number of methoxy groups -OCH3 is 1. The number of carbonyl (C=O) groups is 2. The fourth-order valence-electron chi connectivity index (χ4n) is 4.21. The maximum absolute atomic E-state index is 12.6. The number of hydrogen-bond donors (Lipinski definition) is 1. The van der Waals surface area contributed by atoms with E-state index in [9.17, 15) is 9.59 Å². The van der Waals surface area contributed by atoms with Gasteiger partial charge in [0.15, 0.2) is 0 Å². The van der Waals surface area contributed by atoms with Crippen molar-refractivity contribution in [2.75, 3.05) is 39.8 Å². The predicted octanol–water partition coefficient (Wildman–Crippen LogP) is 2.29. The molecule has 1 N–H and O–H groups in total. The van der Waals surface area contributed by atoms with Gasteiger partial charge in [0.1, 0.15) is 0 Å². The number of piperidine rings is 2. The highest BCUT2D eigenvalue weighted by atomic mass is 16.5. The van der Waals surface area contributed by atoms with Gasteiger partial charge in [0.2, 0.25) is 5.91 Å². The molecule has 0 saturated carbocycles. The van der Waals surface area contributed by atoms with Crippen molar-refractivity contribution < 1.29 is 14.3 Å². The van der Waals surface area contributed by atoms with Gasteiger partial charge in [-0.1, -0.05) is 30.3 Å². The van der Waals surface area contributed by atoms with Gasteiger partial charge in [-0.3, -0.25) is 9.69 Å². The summed E-state index contributed by atoms with van der Waals surface area (Å²) in [6, 6.07) is 10.7. The Labute approximate surface area is 161 Å². The Morgan fingerprint density at radius 2 is 1.85 bits per heavy atom. The number of ether oxygens (including phenoxy) is 1. The minimum Gasteiger partial charge on any atom is -0.453 e. The van der Waals surface area contributed by atoms with E-state index in [0.29, 0.717) is 12.6 Å². The Kier molecular flexibility index (Phi) is 7.10. The van der Waals surface area contributed by atoms with Crippen molar-refractivity contribution in [1.29, 1.82) is 0 Å². The molecular weight excluding hydrogens is 342 g/mol. The van der Waals surface area contributed by atoms with E-state index >= 15 is 0 Å². The van der Waals surface area contributed by atoms with Crippen LogP contribution in [0.1, 0.15) is 31.2 Å². The molecule has 0 aromatic heterocycles. The van der Waals surface area contributed by atoms with Gasteiger partial charge in [-0.15, -0.1) is 0 Å². The molecule has 1 aromatic carbocycles. The van der Waals surface area contributed by atoms with E-state index in [1.54, 1.807) is 4.90 Å². The SMILES string of the molecule is COC(=O)N1CCC(N2CCCC(C(=O)NCCc3ccccc3)C2)CC1. The van der Waals surface area contributed by atoms with E-state index in [1.165, 1.54) is 12.7 Å². The summed E-state index contributed by atoms with van der Waals surface area (Å²) in [6.07, 6.45) is 4.58. The first-order valence-corrected chi connectivity index (χ1v) is 10.1. The highest BCUT2D eigenvalue weighted by Gasteiger charge is 2.32. The van der Waals surface area contributed by atoms with Gasteiger partial charge in [-0.2, -0.15) is 0 Å². The van der Waals surface area contributed by atoms with Crippen molar-refractivity contribution in [3.63, 3.8) is 0 Å². The molecule has 0 bridgehead atoms. The molecule has 2 fully saturated rings. The predicted molar refractivity (Wildman–Crippen MR) is 104 cm³/mol. The first kappa shape index (κ1) is 19.7. The first-order chi connectivity index (χ1) is 13.2. The summed E-state index contributed by atoms with van der Waals surface area (Å²) < 4.78 is 4.81. The van der Waals surface area contributed by atoms with Crippen molar-refractivity contribution in [2.24, 2.45) is 5.92 Å². The fraction of sp³-hybridized carbons (Fsp3) is 0.619. The number of rotatable bonds is 5. The third-order valence-corrected chi connectivity index (χ3v) is 5.79. The number of hydrogen-bond acceptors (Lipinski definition) is 4. The molecule has 1 aromatic rings. The molecule has 3 rings (SSSR count). The molecule has 1 unspecified atom stereocenters. The zero-order valence-corrected chi connectivity index (χ0v) is 16.2. The molecule has 0 spiro atoms. The van der Waals surface area contributed by atoms with Crippen LogP contribution in [0.4, 0.5) is 4.79 Å². The van der Waals surface area contributed by atoms with Gasteiger partial charge in [0.25, 0.3) is 0 Å². The van der Waals surface area contributed by atoms with E-state index in [4.69, 9.17) is 4.74 Å². The molecule has 0 aliphatic carbocycles. The second-order valence-electron chi connectivity index (χ2n) is 7.55. The maximum Gasteiger partial charge on any atom is 0.409 e. The van der Waals surface area contributed by atoms with Gasteiger partial charge in [-0.25, -0.2) is 4.79 Å². The van der Waals surface area contributed by atoms with Crippen LogP contribution in [0.2, 0.25) is 0 Å². The molecule has 2 amide bonds. The summed E-state index contributed by atoms with van der Waals surface area (Å²) in [4.78, 5) is 28.5. The van der Waals surface area contributed by atoms with E-state index in [0.717, 1.165) is 58.3 Å². The van der Waals surface area contributed by atoms with Crippen molar-refractivity contribution in [3.05, 3.63) is 35.9 Å². The average Bonchev–Trinajstić information content (AvgIpc) is 2.74. The molecular formula is C21H31N3O3. The smallest absolute Gasteiger partial charge is 0.409 e. The van der Waals surface area contributed by atoms with Gasteiger partial charge in [-0.05, 0) is 44.2 Å². The summed E-state index contributed by atoms with van der Waals surface area (Å²) in [5.41, 5.74) is 1.25. The standard InChI is InChI=1S/C21H31N3O3/c1-27-21(26)23-14-10-19(11-15-23)24-13-5-8-18(16-24)20(25)22-12-9-17-6-3-2-4-7-17/h2-4,6-7,18-19H,5,8-16H2,1H3,(H,22,25). The lowest BCUT2D eigenvalue weighted by Crippen LogP contribution is -2.51. The summed E-state index contributed by atoms with van der Waals surface area (Å²) in [5, 5.41) is 3.12. The zero-order chi connectivity index (χ0) is 19.1. The first-order valence-electron chi connectivity index (χ1n) is 10.1. The largest absolute Gasteiger partial charge is 0.453 e. The van der Waals surface area contributed by atoms with Crippen LogP contribution in [0.3, 0.4) is 0 Å². The Morgan fingerprint density at radius 3 is 2.56 bits per heavy atom. The molecule has 2 aliphatic rings. The van der Waals surface area contributed by atoms with Crippen LogP contribution < -0.4 is 5.32 Å². The molecule has 6 nitrogen and oxygen atoms in total. The highest BCUT2D eigenvalue weighted by Crippen LogP contribution is 2.24. The van der Waals surface area contributed by atoms with Crippen molar-refractivity contribution in [1.82, 2.24) is 15.1 Å². The lowest BCUT2D eigenvalue weighted by molar-refractivity contribution is -0.127. The molecule has 2 aliphatic heterocycles. The molecule has 2 heterocycles. The van der Waals surface area contributed by atoms with Gasteiger partial charge in [0.05, 0.1) is 13.0 Å². The van der Waals surface area contributed by atoms with Gasteiger partial charge >= 0.3 is 6.09 Å². The van der Waals surface area contributed by atoms with E-state index in [2.05, 4.69) is 22.3 Å². The molecule has 148 valence electrons. The van der Waals surface area contributed by atoms with Gasteiger partial charge in [0, 0.05) is 32.2 Å².